The number of unbranched alkanes of at least 4 members (excludes halogenated alkanes) is 1. The van der Waals surface area contributed by atoms with Crippen LogP contribution in [0, 0.1) is 0 Å². The van der Waals surface area contributed by atoms with Crippen LogP contribution in [0.15, 0.2) is 66.7 Å². The lowest BCUT2D eigenvalue weighted by Crippen LogP contribution is -2.39. The van der Waals surface area contributed by atoms with E-state index in [1.54, 1.807) is 42.5 Å². The smallest absolute Gasteiger partial charge is 0.463 e. The second-order valence-corrected chi connectivity index (χ2v) is 8.62. The highest BCUT2D eigenvalue weighted by molar-refractivity contribution is 7.95. The standard InChI is InChI=1S/C26H20F3NO5S/c1-2-3-14-34-22(31)15-21(16-8-5-4-6-9-16)17-12-13-20-23-18(17)10-7-11-19(23)24(32)30(25(20)33)35-36-26(27,28)29/h4-13,15H,2-3,14H2,1H3/b21-15+. The Morgan fingerprint density at radius 1 is 0.972 bits per heavy atom. The third-order valence-corrected chi connectivity index (χ3v) is 5.87. The number of carbonyl (C=O) groups excluding carboxylic acids is 3. The summed E-state index contributed by atoms with van der Waals surface area (Å²) in [6.07, 6.45) is 2.94. The maximum atomic E-state index is 12.9. The molecule has 0 atom stereocenters. The van der Waals surface area contributed by atoms with Gasteiger partial charge in [0.15, 0.2) is 0 Å². The van der Waals surface area contributed by atoms with Crippen molar-refractivity contribution >= 4 is 46.2 Å². The maximum Gasteiger partial charge on any atom is 0.470 e. The van der Waals surface area contributed by atoms with Crippen molar-refractivity contribution < 1.29 is 36.6 Å². The van der Waals surface area contributed by atoms with Crippen molar-refractivity contribution in [3.05, 3.63) is 89.0 Å². The average molecular weight is 516 g/mol. The van der Waals surface area contributed by atoms with E-state index in [9.17, 15) is 27.6 Å². The van der Waals surface area contributed by atoms with E-state index in [-0.39, 0.29) is 28.2 Å². The fourth-order valence-electron chi connectivity index (χ4n) is 3.87. The third-order valence-electron chi connectivity index (χ3n) is 5.46. The molecule has 0 saturated carbocycles. The van der Waals surface area contributed by atoms with Gasteiger partial charge in [0.25, 0.3) is 11.8 Å². The zero-order chi connectivity index (χ0) is 25.9. The van der Waals surface area contributed by atoms with Gasteiger partial charge in [0.2, 0.25) is 0 Å². The van der Waals surface area contributed by atoms with Gasteiger partial charge in [0.05, 0.1) is 17.7 Å². The Bertz CT molecular complexity index is 1330. The van der Waals surface area contributed by atoms with Gasteiger partial charge in [-0.25, -0.2) is 4.79 Å². The molecule has 0 spiro atoms. The summed E-state index contributed by atoms with van der Waals surface area (Å²) in [5.41, 5.74) is -3.04. The summed E-state index contributed by atoms with van der Waals surface area (Å²) in [5, 5.41) is 0.850. The first-order valence-corrected chi connectivity index (χ1v) is 11.8. The molecule has 0 aromatic heterocycles. The minimum Gasteiger partial charge on any atom is -0.463 e. The molecule has 10 heteroatoms. The van der Waals surface area contributed by atoms with E-state index >= 15 is 0 Å². The van der Waals surface area contributed by atoms with E-state index in [0.29, 0.717) is 22.1 Å². The number of ether oxygens (including phenoxy) is 1. The lowest BCUT2D eigenvalue weighted by atomic mass is 9.87. The third kappa shape index (κ3) is 5.29. The summed E-state index contributed by atoms with van der Waals surface area (Å²) in [7, 11) is 0. The van der Waals surface area contributed by atoms with Gasteiger partial charge in [0.1, 0.15) is 12.0 Å². The largest absolute Gasteiger partial charge is 0.470 e. The van der Waals surface area contributed by atoms with Gasteiger partial charge in [-0.2, -0.15) is 17.5 Å². The van der Waals surface area contributed by atoms with Crippen LogP contribution < -0.4 is 0 Å². The number of benzene rings is 3. The van der Waals surface area contributed by atoms with Gasteiger partial charge in [-0.1, -0.05) is 61.9 Å². The topological polar surface area (TPSA) is 72.9 Å². The van der Waals surface area contributed by atoms with E-state index in [1.165, 1.54) is 18.2 Å². The molecular weight excluding hydrogens is 495 g/mol. The molecule has 1 heterocycles. The number of hydrogen-bond donors (Lipinski definition) is 0. The molecule has 3 aromatic carbocycles. The molecule has 0 unspecified atom stereocenters. The minimum atomic E-state index is -4.81. The van der Waals surface area contributed by atoms with Crippen LogP contribution in [0.3, 0.4) is 0 Å². The first-order valence-electron chi connectivity index (χ1n) is 11.0. The predicted octanol–water partition coefficient (Wildman–Crippen LogP) is 6.31. The number of rotatable bonds is 8. The number of hydroxylamine groups is 2. The summed E-state index contributed by atoms with van der Waals surface area (Å²) in [5.74, 6) is -2.58. The Kier molecular flexibility index (Phi) is 7.46. The second-order valence-electron chi connectivity index (χ2n) is 7.84. The van der Waals surface area contributed by atoms with Crippen molar-refractivity contribution in [1.82, 2.24) is 5.06 Å². The highest BCUT2D eigenvalue weighted by Gasteiger charge is 2.39. The van der Waals surface area contributed by atoms with E-state index in [2.05, 4.69) is 4.28 Å². The SMILES string of the molecule is CCCCOC(=O)/C=C(\c1ccccc1)c1ccc2c3c(cccc13)C(=O)N(OSC(F)(F)F)C2=O. The monoisotopic (exact) mass is 515 g/mol. The highest BCUT2D eigenvalue weighted by Crippen LogP contribution is 2.39. The van der Waals surface area contributed by atoms with Gasteiger partial charge < -0.3 is 4.74 Å². The molecule has 0 saturated heterocycles. The van der Waals surface area contributed by atoms with Crippen LogP contribution in [-0.2, 0) is 13.8 Å². The van der Waals surface area contributed by atoms with E-state index in [0.717, 1.165) is 12.8 Å². The molecule has 1 aliphatic rings. The van der Waals surface area contributed by atoms with Crippen molar-refractivity contribution in [2.24, 2.45) is 0 Å². The number of nitrogens with zero attached hydrogens (tertiary/aromatic N) is 1. The molecule has 4 rings (SSSR count). The normalized spacial score (nSPS) is 13.9. The first kappa shape index (κ1) is 25.5. The molecular formula is C26H20F3NO5S. The number of imide groups is 1. The molecule has 186 valence electrons. The van der Waals surface area contributed by atoms with Crippen LogP contribution in [0.2, 0.25) is 0 Å². The molecule has 0 N–H and O–H groups in total. The van der Waals surface area contributed by atoms with Crippen LogP contribution in [0.1, 0.15) is 51.6 Å². The fourth-order valence-corrected chi connectivity index (χ4v) is 4.16. The molecule has 6 nitrogen and oxygen atoms in total. The highest BCUT2D eigenvalue weighted by atomic mass is 32.2. The maximum absolute atomic E-state index is 12.9. The van der Waals surface area contributed by atoms with Crippen LogP contribution in [0.5, 0.6) is 0 Å². The van der Waals surface area contributed by atoms with Gasteiger partial charge >= 0.3 is 11.5 Å². The molecule has 0 bridgehead atoms. The van der Waals surface area contributed by atoms with Crippen LogP contribution in [0.4, 0.5) is 13.2 Å². The lowest BCUT2D eigenvalue weighted by Gasteiger charge is -2.26. The van der Waals surface area contributed by atoms with Crippen LogP contribution in [-0.4, -0.2) is 35.0 Å². The molecule has 0 radical (unpaired) electrons. The summed E-state index contributed by atoms with van der Waals surface area (Å²) in [4.78, 5) is 38.4. The van der Waals surface area contributed by atoms with Gasteiger partial charge in [-0.3, -0.25) is 9.59 Å². The molecule has 36 heavy (non-hydrogen) atoms. The molecule has 0 aliphatic carbocycles. The van der Waals surface area contributed by atoms with Crippen LogP contribution >= 0.6 is 12.0 Å². The Hall–Kier alpha value is -3.63. The van der Waals surface area contributed by atoms with Crippen molar-refractivity contribution in [2.45, 2.75) is 25.3 Å². The molecule has 3 aromatic rings. The zero-order valence-electron chi connectivity index (χ0n) is 19.0. The Labute approximate surface area is 208 Å². The summed E-state index contributed by atoms with van der Waals surface area (Å²) in [6, 6.07) is 16.7. The summed E-state index contributed by atoms with van der Waals surface area (Å²) < 4.78 is 47.7. The molecule has 1 aliphatic heterocycles. The van der Waals surface area contributed by atoms with Gasteiger partial charge in [0, 0.05) is 11.5 Å². The average Bonchev–Trinajstić information content (AvgIpc) is 2.85. The van der Waals surface area contributed by atoms with Crippen LogP contribution in [0.25, 0.3) is 16.3 Å². The van der Waals surface area contributed by atoms with Gasteiger partial charge in [-0.15, -0.1) is 5.06 Å². The number of halogens is 3. The van der Waals surface area contributed by atoms with Gasteiger partial charge in [-0.05, 0) is 40.6 Å². The first-order chi connectivity index (χ1) is 17.2. The number of amides is 2. The number of alkyl halides is 3. The van der Waals surface area contributed by atoms with E-state index in [4.69, 9.17) is 4.74 Å². The molecule has 0 fully saturated rings. The van der Waals surface area contributed by atoms with E-state index in [1.807, 2.05) is 13.0 Å². The quantitative estimate of drug-likeness (QED) is 0.115. The molecule has 2 amide bonds. The predicted molar refractivity (Wildman–Crippen MR) is 129 cm³/mol. The second kappa shape index (κ2) is 10.5. The summed E-state index contributed by atoms with van der Waals surface area (Å²) in [6.45, 7) is 2.25. The Morgan fingerprint density at radius 3 is 2.33 bits per heavy atom. The van der Waals surface area contributed by atoms with Crippen molar-refractivity contribution in [1.29, 1.82) is 0 Å². The van der Waals surface area contributed by atoms with Crippen molar-refractivity contribution in [3.63, 3.8) is 0 Å². The summed E-state index contributed by atoms with van der Waals surface area (Å²) >= 11 is -0.944. The van der Waals surface area contributed by atoms with E-state index < -0.39 is 35.3 Å². The lowest BCUT2D eigenvalue weighted by molar-refractivity contribution is -0.137. The van der Waals surface area contributed by atoms with Crippen molar-refractivity contribution in [3.8, 4) is 0 Å². The fraction of sp³-hybridized carbons (Fsp3) is 0.192. The number of hydrogen-bond acceptors (Lipinski definition) is 6. The zero-order valence-corrected chi connectivity index (χ0v) is 19.8. The Balaban J connectivity index is 1.83. The number of carbonyl (C=O) groups is 3. The van der Waals surface area contributed by atoms with Crippen molar-refractivity contribution in [2.75, 3.05) is 6.61 Å². The minimum absolute atomic E-state index is 0.00431. The number of esters is 1. The Morgan fingerprint density at radius 2 is 1.67 bits per heavy atom.